The van der Waals surface area contributed by atoms with Crippen molar-refractivity contribution in [3.05, 3.63) is 229 Å². The van der Waals surface area contributed by atoms with Crippen molar-refractivity contribution in [2.75, 3.05) is 0 Å². The van der Waals surface area contributed by atoms with Crippen LogP contribution in [0.5, 0.6) is 0 Å². The van der Waals surface area contributed by atoms with Crippen LogP contribution in [0.15, 0.2) is 206 Å². The fourth-order valence-electron chi connectivity index (χ4n) is 7.81. The SMILES string of the molecule is C1=C(c2ccc(-c3ccccn3)cc2)CC(c2ccccc2)=CC=1c1nc(C2=CC=CCC2)nc(-c2cc(-c3ccccc3)cc(-c3ccc(-c4ccccn4)cc3)c2)n1. The average Bonchev–Trinajstić information content (AvgIpc) is 3.35. The van der Waals surface area contributed by atoms with Crippen molar-refractivity contribution in [3.8, 4) is 56.2 Å². The molecule has 0 atom stereocenters. The first-order valence-electron chi connectivity index (χ1n) is 20.3. The number of aromatic nitrogens is 5. The minimum atomic E-state index is 0.590. The molecule has 0 aliphatic heterocycles. The lowest BCUT2D eigenvalue weighted by Crippen LogP contribution is -2.06. The van der Waals surface area contributed by atoms with Crippen molar-refractivity contribution in [2.45, 2.75) is 19.3 Å². The van der Waals surface area contributed by atoms with Gasteiger partial charge in [-0.05, 0) is 106 Å². The predicted molar refractivity (Wildman–Crippen MR) is 245 cm³/mol. The van der Waals surface area contributed by atoms with Gasteiger partial charge in [0.25, 0.3) is 0 Å². The molecule has 10 rings (SSSR count). The zero-order chi connectivity index (χ0) is 40.1. The van der Waals surface area contributed by atoms with Gasteiger partial charge in [-0.3, -0.25) is 9.97 Å². The molecule has 3 heterocycles. The number of allylic oxidation sites excluding steroid dienone is 7. The van der Waals surface area contributed by atoms with Crippen LogP contribution in [-0.4, -0.2) is 24.9 Å². The number of pyridine rings is 2. The van der Waals surface area contributed by atoms with Gasteiger partial charge in [0.1, 0.15) is 0 Å². The highest BCUT2D eigenvalue weighted by atomic mass is 15.0. The van der Waals surface area contributed by atoms with Crippen molar-refractivity contribution in [1.29, 1.82) is 0 Å². The minimum absolute atomic E-state index is 0.590. The fourth-order valence-corrected chi connectivity index (χ4v) is 7.81. The molecule has 2 aliphatic rings. The van der Waals surface area contributed by atoms with Gasteiger partial charge >= 0.3 is 0 Å². The van der Waals surface area contributed by atoms with Gasteiger partial charge in [-0.25, -0.2) is 15.0 Å². The first-order valence-corrected chi connectivity index (χ1v) is 20.3. The van der Waals surface area contributed by atoms with E-state index < -0.39 is 0 Å². The second-order valence-corrected chi connectivity index (χ2v) is 14.9. The zero-order valence-electron chi connectivity index (χ0n) is 32.9. The highest BCUT2D eigenvalue weighted by Crippen LogP contribution is 2.38. The Kier molecular flexibility index (Phi) is 10.1. The van der Waals surface area contributed by atoms with Crippen LogP contribution < -0.4 is 0 Å². The van der Waals surface area contributed by atoms with Gasteiger partial charge < -0.3 is 0 Å². The van der Waals surface area contributed by atoms with E-state index in [1.54, 1.807) is 0 Å². The summed E-state index contributed by atoms with van der Waals surface area (Å²) in [6, 6.07) is 56.9. The maximum absolute atomic E-state index is 5.31. The number of benzene rings is 5. The van der Waals surface area contributed by atoms with Crippen LogP contribution in [0.3, 0.4) is 0 Å². The van der Waals surface area contributed by atoms with Gasteiger partial charge in [0.15, 0.2) is 17.5 Å². The molecule has 0 bridgehead atoms. The lowest BCUT2D eigenvalue weighted by Gasteiger charge is -2.17. The third-order valence-corrected chi connectivity index (χ3v) is 11.0. The third kappa shape index (κ3) is 7.86. The Bertz CT molecular complexity index is 2980. The van der Waals surface area contributed by atoms with Gasteiger partial charge in [-0.15, -0.1) is 5.73 Å². The van der Waals surface area contributed by atoms with Crippen molar-refractivity contribution < 1.29 is 0 Å². The van der Waals surface area contributed by atoms with Crippen LogP contribution in [0.4, 0.5) is 0 Å². The second kappa shape index (κ2) is 16.6. The van der Waals surface area contributed by atoms with Crippen molar-refractivity contribution >= 4 is 22.3 Å². The topological polar surface area (TPSA) is 64.5 Å². The summed E-state index contributed by atoms with van der Waals surface area (Å²) in [6.07, 6.45) is 14.8. The van der Waals surface area contributed by atoms with Gasteiger partial charge in [-0.1, -0.05) is 140 Å². The molecule has 0 fully saturated rings. The number of hydrogen-bond donors (Lipinski definition) is 0. The Labute approximate surface area is 350 Å². The first-order chi connectivity index (χ1) is 29.7. The Morgan fingerprint density at radius 3 is 1.55 bits per heavy atom. The number of nitrogens with zero attached hydrogens (tertiary/aromatic N) is 5. The summed E-state index contributed by atoms with van der Waals surface area (Å²) >= 11 is 0. The Hall–Kier alpha value is -7.85. The van der Waals surface area contributed by atoms with Gasteiger partial charge in [0.2, 0.25) is 0 Å². The van der Waals surface area contributed by atoms with Crippen LogP contribution in [0, 0.1) is 0 Å². The van der Waals surface area contributed by atoms with E-state index in [-0.39, 0.29) is 0 Å². The highest BCUT2D eigenvalue weighted by molar-refractivity contribution is 5.93. The summed E-state index contributed by atoms with van der Waals surface area (Å²) < 4.78 is 0. The summed E-state index contributed by atoms with van der Waals surface area (Å²) in [5.74, 6) is 1.89. The monoisotopic (exact) mass is 769 g/mol. The van der Waals surface area contributed by atoms with E-state index in [2.05, 4.69) is 161 Å². The van der Waals surface area contributed by atoms with E-state index in [9.17, 15) is 0 Å². The van der Waals surface area contributed by atoms with Crippen molar-refractivity contribution in [1.82, 2.24) is 24.9 Å². The molecule has 8 aromatic rings. The molecule has 3 aromatic heterocycles. The smallest absolute Gasteiger partial charge is 0.171 e. The normalized spacial score (nSPS) is 13.5. The van der Waals surface area contributed by atoms with Gasteiger partial charge in [-0.2, -0.15) is 0 Å². The first kappa shape index (κ1) is 36.5. The van der Waals surface area contributed by atoms with Gasteiger partial charge in [0, 0.05) is 41.1 Å². The Balaban J connectivity index is 1.14. The summed E-state index contributed by atoms with van der Waals surface area (Å²) in [5, 5.41) is 0. The molecular formula is C55H39N5. The molecule has 5 nitrogen and oxygen atoms in total. The maximum Gasteiger partial charge on any atom is 0.171 e. The molecule has 0 spiro atoms. The number of rotatable bonds is 9. The fraction of sp³-hybridized carbons (Fsp3) is 0.0545. The van der Waals surface area contributed by atoms with Crippen molar-refractivity contribution in [3.63, 3.8) is 0 Å². The molecule has 0 saturated heterocycles. The Morgan fingerprint density at radius 1 is 0.417 bits per heavy atom. The van der Waals surface area contributed by atoms with E-state index in [0.29, 0.717) is 17.5 Å². The predicted octanol–water partition coefficient (Wildman–Crippen LogP) is 13.3. The highest BCUT2D eigenvalue weighted by Gasteiger charge is 2.20. The molecule has 0 radical (unpaired) electrons. The summed E-state index contributed by atoms with van der Waals surface area (Å²) in [5.41, 5.74) is 19.5. The van der Waals surface area contributed by atoms with Crippen LogP contribution in [-0.2, 0) is 0 Å². The lowest BCUT2D eigenvalue weighted by atomic mass is 9.88. The molecule has 0 unspecified atom stereocenters. The van der Waals surface area contributed by atoms with E-state index in [4.69, 9.17) is 15.0 Å². The van der Waals surface area contributed by atoms with Crippen LogP contribution in [0.2, 0.25) is 0 Å². The van der Waals surface area contributed by atoms with Crippen LogP contribution >= 0.6 is 0 Å². The summed E-state index contributed by atoms with van der Waals surface area (Å²) in [4.78, 5) is 24.9. The molecule has 60 heavy (non-hydrogen) atoms. The molecule has 2 aliphatic carbocycles. The van der Waals surface area contributed by atoms with E-state index in [1.807, 2.05) is 54.9 Å². The van der Waals surface area contributed by atoms with Crippen LogP contribution in [0.25, 0.3) is 78.4 Å². The van der Waals surface area contributed by atoms with Gasteiger partial charge in [0.05, 0.1) is 17.0 Å². The average molecular weight is 770 g/mol. The maximum atomic E-state index is 5.31. The minimum Gasteiger partial charge on any atom is -0.256 e. The van der Waals surface area contributed by atoms with E-state index >= 15 is 0 Å². The van der Waals surface area contributed by atoms with Crippen molar-refractivity contribution in [2.24, 2.45) is 0 Å². The molecule has 5 heteroatoms. The zero-order valence-corrected chi connectivity index (χ0v) is 32.9. The third-order valence-electron chi connectivity index (χ3n) is 11.0. The standard InChI is InChI=1S/C55H39N5/c1-4-14-38(15-5-1)45-32-47(40-22-26-42(27-23-40)51-20-10-12-30-56-51)36-49(34-45)54-58-53(44-18-8-3-9-19-44)59-55(60-54)50-35-46(39-16-6-2-7-17-39)33-48(37-50)41-24-28-43(29-25-41)52-21-11-13-31-57-52/h1-8,10-18,20-32,34-36H,9,19,33H2. The van der Waals surface area contributed by atoms with E-state index in [0.717, 1.165) is 97.4 Å². The molecular weight excluding hydrogens is 731 g/mol. The second-order valence-electron chi connectivity index (χ2n) is 14.9. The lowest BCUT2D eigenvalue weighted by molar-refractivity contribution is 0.959. The molecule has 284 valence electrons. The molecule has 0 saturated carbocycles. The largest absolute Gasteiger partial charge is 0.256 e. The van der Waals surface area contributed by atoms with Crippen LogP contribution in [0.1, 0.15) is 42.0 Å². The van der Waals surface area contributed by atoms with E-state index in [1.165, 1.54) is 5.57 Å². The quantitative estimate of drug-likeness (QED) is 0.137. The summed E-state index contributed by atoms with van der Waals surface area (Å²) in [7, 11) is 0. The molecule has 5 aromatic carbocycles. The molecule has 0 amide bonds. The molecule has 0 N–H and O–H groups in total. The summed E-state index contributed by atoms with van der Waals surface area (Å²) in [6.45, 7) is 0. The number of hydrogen-bond acceptors (Lipinski definition) is 5. The Morgan fingerprint density at radius 2 is 0.950 bits per heavy atom.